The Labute approximate surface area is 131 Å². The number of hydrogen-bond donors (Lipinski definition) is 1. The minimum Gasteiger partial charge on any atom is -0.343 e. The van der Waals surface area contributed by atoms with Crippen molar-refractivity contribution in [3.8, 4) is 0 Å². The fourth-order valence-electron chi connectivity index (χ4n) is 1.46. The zero-order valence-corrected chi connectivity index (χ0v) is 14.0. The molecule has 0 spiro atoms. The maximum absolute atomic E-state index is 12.2. The summed E-state index contributed by atoms with van der Waals surface area (Å²) in [6, 6.07) is 5.60. The molecule has 0 aliphatic rings. The number of benzene rings is 1. The molecule has 18 heavy (non-hydrogen) atoms. The zero-order chi connectivity index (χ0) is 13.1. The maximum atomic E-state index is 12.2. The number of nitrogens with zero attached hydrogens (tertiary/aromatic N) is 1. The Kier molecular flexibility index (Phi) is 4.74. The Balaban J connectivity index is 2.15. The minimum atomic E-state index is -0.0944. The van der Waals surface area contributed by atoms with Crippen LogP contribution in [0.25, 0.3) is 0 Å². The summed E-state index contributed by atoms with van der Waals surface area (Å²) >= 11 is 7.12. The van der Waals surface area contributed by atoms with E-state index in [9.17, 15) is 4.79 Å². The molecule has 1 N–H and O–H groups in total. The molecular weight excluding hydrogens is 427 g/mol. The fourth-order valence-corrected chi connectivity index (χ4v) is 3.02. The average molecular weight is 437 g/mol. The summed E-state index contributed by atoms with van der Waals surface area (Å²) in [5.74, 6) is -0.0944. The molecule has 0 fully saturated rings. The normalized spacial score (nSPS) is 12.2. The lowest BCUT2D eigenvalue weighted by atomic mass is 10.2. The molecule has 2 aromatic rings. The molecule has 0 aliphatic heterocycles. The van der Waals surface area contributed by atoms with Crippen molar-refractivity contribution < 1.29 is 4.79 Å². The van der Waals surface area contributed by atoms with E-state index in [1.807, 2.05) is 30.5 Å². The molecule has 0 saturated heterocycles. The monoisotopic (exact) mass is 436 g/mol. The van der Waals surface area contributed by atoms with Crippen LogP contribution in [0.2, 0.25) is 0 Å². The smallest absolute Gasteiger partial charge is 0.253 e. The van der Waals surface area contributed by atoms with Gasteiger partial charge in [-0.1, -0.05) is 0 Å². The number of hydrogen-bond acceptors (Lipinski definition) is 3. The molecule has 1 heterocycles. The Morgan fingerprint density at radius 2 is 2.33 bits per heavy atom. The molecule has 94 valence electrons. The first-order chi connectivity index (χ1) is 8.58. The number of aromatic nitrogens is 1. The molecule has 1 atom stereocenters. The number of nitrogens with one attached hydrogen (secondary N) is 1. The van der Waals surface area contributed by atoms with Crippen molar-refractivity contribution in [2.24, 2.45) is 0 Å². The van der Waals surface area contributed by atoms with Gasteiger partial charge < -0.3 is 5.32 Å². The van der Waals surface area contributed by atoms with Crippen LogP contribution in [0.15, 0.2) is 34.2 Å². The summed E-state index contributed by atoms with van der Waals surface area (Å²) in [6.45, 7) is 1.93. The third-order valence-corrected chi connectivity index (χ3v) is 4.66. The molecule has 1 unspecified atom stereocenters. The lowest BCUT2D eigenvalue weighted by Crippen LogP contribution is -2.26. The van der Waals surface area contributed by atoms with E-state index in [0.29, 0.717) is 5.56 Å². The molecule has 2 rings (SSSR count). The van der Waals surface area contributed by atoms with Crippen LogP contribution < -0.4 is 5.32 Å². The Morgan fingerprint density at radius 1 is 1.56 bits per heavy atom. The SMILES string of the molecule is CC(NC(=O)c1cc(I)ccc1Br)c1nccs1. The highest BCUT2D eigenvalue weighted by Gasteiger charge is 2.15. The molecule has 3 nitrogen and oxygen atoms in total. The third kappa shape index (κ3) is 3.30. The van der Waals surface area contributed by atoms with E-state index < -0.39 is 0 Å². The van der Waals surface area contributed by atoms with E-state index >= 15 is 0 Å². The largest absolute Gasteiger partial charge is 0.343 e. The molecular formula is C12H10BrIN2OS. The zero-order valence-electron chi connectivity index (χ0n) is 9.48. The standard InChI is InChI=1S/C12H10BrIN2OS/c1-7(12-15-4-5-18-12)16-11(17)9-6-8(14)2-3-10(9)13/h2-7H,1H3,(H,16,17). The van der Waals surface area contributed by atoms with Crippen LogP contribution in [0, 0.1) is 3.57 Å². The molecule has 6 heteroatoms. The molecule has 0 radical (unpaired) electrons. The molecule has 1 aromatic heterocycles. The van der Waals surface area contributed by atoms with Gasteiger partial charge in [-0.2, -0.15) is 0 Å². The Bertz CT molecular complexity index is 559. The first kappa shape index (κ1) is 14.0. The Hall–Kier alpha value is -0.470. The van der Waals surface area contributed by atoms with E-state index in [1.54, 1.807) is 6.20 Å². The van der Waals surface area contributed by atoms with Crippen LogP contribution in [-0.2, 0) is 0 Å². The number of rotatable bonds is 3. The number of amides is 1. The second-order valence-corrected chi connectivity index (χ2v) is 6.72. The van der Waals surface area contributed by atoms with E-state index in [4.69, 9.17) is 0 Å². The van der Waals surface area contributed by atoms with Crippen molar-refractivity contribution in [1.29, 1.82) is 0 Å². The topological polar surface area (TPSA) is 42.0 Å². The summed E-state index contributed by atoms with van der Waals surface area (Å²) in [4.78, 5) is 16.3. The second kappa shape index (κ2) is 6.12. The van der Waals surface area contributed by atoms with E-state index in [0.717, 1.165) is 13.1 Å². The van der Waals surface area contributed by atoms with Crippen molar-refractivity contribution in [2.75, 3.05) is 0 Å². The first-order valence-corrected chi connectivity index (χ1v) is 7.98. The van der Waals surface area contributed by atoms with Gasteiger partial charge in [0.15, 0.2) is 0 Å². The minimum absolute atomic E-state index is 0.0812. The van der Waals surface area contributed by atoms with E-state index in [-0.39, 0.29) is 11.9 Å². The van der Waals surface area contributed by atoms with Crippen LogP contribution in [0.1, 0.15) is 28.3 Å². The van der Waals surface area contributed by atoms with Crippen LogP contribution in [-0.4, -0.2) is 10.9 Å². The van der Waals surface area contributed by atoms with Crippen LogP contribution in [0.4, 0.5) is 0 Å². The second-order valence-electron chi connectivity index (χ2n) is 3.69. The summed E-state index contributed by atoms with van der Waals surface area (Å²) in [5.41, 5.74) is 0.644. The van der Waals surface area contributed by atoms with Gasteiger partial charge in [-0.15, -0.1) is 11.3 Å². The van der Waals surface area contributed by atoms with Crippen LogP contribution in [0.3, 0.4) is 0 Å². The summed E-state index contributed by atoms with van der Waals surface area (Å²) in [7, 11) is 0. The van der Waals surface area contributed by atoms with Crippen LogP contribution in [0.5, 0.6) is 0 Å². The van der Waals surface area contributed by atoms with Gasteiger partial charge in [0, 0.05) is 19.6 Å². The maximum Gasteiger partial charge on any atom is 0.253 e. The van der Waals surface area contributed by atoms with Crippen molar-refractivity contribution in [3.05, 3.63) is 48.4 Å². The summed E-state index contributed by atoms with van der Waals surface area (Å²) in [5, 5.41) is 5.75. The first-order valence-electron chi connectivity index (χ1n) is 5.23. The van der Waals surface area contributed by atoms with Crippen molar-refractivity contribution in [3.63, 3.8) is 0 Å². The highest BCUT2D eigenvalue weighted by molar-refractivity contribution is 14.1. The molecule has 0 bridgehead atoms. The lowest BCUT2D eigenvalue weighted by molar-refractivity contribution is 0.0939. The number of thiazole rings is 1. The van der Waals surface area contributed by atoms with Crippen molar-refractivity contribution in [2.45, 2.75) is 13.0 Å². The molecule has 1 aromatic carbocycles. The summed E-state index contributed by atoms with van der Waals surface area (Å²) in [6.07, 6.45) is 1.74. The molecule has 0 aliphatic carbocycles. The van der Waals surface area contributed by atoms with Gasteiger partial charge in [-0.25, -0.2) is 4.98 Å². The van der Waals surface area contributed by atoms with Gasteiger partial charge in [0.2, 0.25) is 0 Å². The highest BCUT2D eigenvalue weighted by atomic mass is 127. The fraction of sp³-hybridized carbons (Fsp3) is 0.167. The Morgan fingerprint density at radius 3 is 3.00 bits per heavy atom. The van der Waals surface area contributed by atoms with Gasteiger partial charge in [-0.3, -0.25) is 4.79 Å². The van der Waals surface area contributed by atoms with Gasteiger partial charge in [0.05, 0.1) is 11.6 Å². The van der Waals surface area contributed by atoms with Gasteiger partial charge in [-0.05, 0) is 63.6 Å². The molecule has 1 amide bonds. The van der Waals surface area contributed by atoms with E-state index in [1.165, 1.54) is 11.3 Å². The van der Waals surface area contributed by atoms with Gasteiger partial charge in [0.25, 0.3) is 5.91 Å². The predicted molar refractivity (Wildman–Crippen MR) is 84.9 cm³/mol. The predicted octanol–water partition coefficient (Wildman–Crippen LogP) is 4.00. The number of carbonyl (C=O) groups is 1. The van der Waals surface area contributed by atoms with Gasteiger partial charge >= 0.3 is 0 Å². The third-order valence-electron chi connectivity index (χ3n) is 2.34. The quantitative estimate of drug-likeness (QED) is 0.739. The van der Waals surface area contributed by atoms with Crippen molar-refractivity contribution >= 4 is 55.8 Å². The highest BCUT2D eigenvalue weighted by Crippen LogP contribution is 2.21. The van der Waals surface area contributed by atoms with E-state index in [2.05, 4.69) is 48.8 Å². The lowest BCUT2D eigenvalue weighted by Gasteiger charge is -2.12. The number of carbonyl (C=O) groups excluding carboxylic acids is 1. The van der Waals surface area contributed by atoms with Crippen LogP contribution >= 0.6 is 49.9 Å². The number of halogens is 2. The molecule has 0 saturated carbocycles. The summed E-state index contributed by atoms with van der Waals surface area (Å²) < 4.78 is 1.83. The van der Waals surface area contributed by atoms with Crippen molar-refractivity contribution in [1.82, 2.24) is 10.3 Å². The average Bonchev–Trinajstić information content (AvgIpc) is 2.85. The van der Waals surface area contributed by atoms with Gasteiger partial charge in [0.1, 0.15) is 5.01 Å².